The topological polar surface area (TPSA) is 64.6 Å². The summed E-state index contributed by atoms with van der Waals surface area (Å²) in [4.78, 5) is 23.8. The van der Waals surface area contributed by atoms with Crippen LogP contribution in [0.4, 0.5) is 5.69 Å². The lowest BCUT2D eigenvalue weighted by molar-refractivity contribution is -0.119. The van der Waals surface area contributed by atoms with E-state index in [0.717, 1.165) is 17.7 Å². The van der Waals surface area contributed by atoms with E-state index < -0.39 is 5.97 Å². The Kier molecular flexibility index (Phi) is 5.74. The first kappa shape index (κ1) is 16.5. The predicted molar refractivity (Wildman–Crippen MR) is 87.7 cm³/mol. The number of carbonyl (C=O) groups is 2. The fraction of sp³-hybridized carbons (Fsp3) is 0.222. The Bertz CT molecular complexity index is 680. The van der Waals surface area contributed by atoms with Gasteiger partial charge in [-0.15, -0.1) is 0 Å². The fourth-order valence-electron chi connectivity index (χ4n) is 2.08. The highest BCUT2D eigenvalue weighted by Crippen LogP contribution is 2.15. The van der Waals surface area contributed by atoms with Crippen LogP contribution in [0.3, 0.4) is 0 Å². The number of nitrogens with one attached hydrogen (secondary N) is 1. The van der Waals surface area contributed by atoms with Crippen molar-refractivity contribution < 1.29 is 19.1 Å². The highest BCUT2D eigenvalue weighted by atomic mass is 16.5. The number of ether oxygens (including phenoxy) is 2. The molecule has 0 fully saturated rings. The van der Waals surface area contributed by atoms with E-state index in [4.69, 9.17) is 9.47 Å². The molecule has 2 aromatic rings. The van der Waals surface area contributed by atoms with Crippen molar-refractivity contribution in [2.24, 2.45) is 0 Å². The number of anilines is 1. The molecule has 0 spiro atoms. The van der Waals surface area contributed by atoms with Crippen LogP contribution in [-0.4, -0.2) is 25.6 Å². The molecule has 0 aliphatic carbocycles. The van der Waals surface area contributed by atoms with Crippen molar-refractivity contribution in [3.05, 3.63) is 59.7 Å². The van der Waals surface area contributed by atoms with Gasteiger partial charge in [-0.25, -0.2) is 4.79 Å². The zero-order valence-corrected chi connectivity index (χ0v) is 13.2. The molecule has 0 saturated heterocycles. The van der Waals surface area contributed by atoms with Gasteiger partial charge in [0.05, 0.1) is 12.7 Å². The molecule has 0 heterocycles. The average molecular weight is 313 g/mol. The molecule has 2 rings (SSSR count). The molecule has 5 heteroatoms. The number of rotatable bonds is 6. The summed E-state index contributed by atoms with van der Waals surface area (Å²) in [6, 6.07) is 14.0. The number of esters is 1. The third-order valence-corrected chi connectivity index (χ3v) is 3.33. The van der Waals surface area contributed by atoms with Crippen LogP contribution in [0, 0.1) is 0 Å². The summed E-state index contributed by atoms with van der Waals surface area (Å²) >= 11 is 0. The van der Waals surface area contributed by atoms with Crippen molar-refractivity contribution in [2.75, 3.05) is 19.0 Å². The molecule has 2 aromatic carbocycles. The smallest absolute Gasteiger partial charge is 0.338 e. The van der Waals surface area contributed by atoms with Crippen LogP contribution in [-0.2, 0) is 16.0 Å². The maximum atomic E-state index is 11.9. The second-order valence-electron chi connectivity index (χ2n) is 4.86. The van der Waals surface area contributed by atoms with E-state index in [1.165, 1.54) is 0 Å². The highest BCUT2D eigenvalue weighted by Gasteiger charge is 2.11. The summed E-state index contributed by atoms with van der Waals surface area (Å²) < 4.78 is 10.0. The van der Waals surface area contributed by atoms with Crippen molar-refractivity contribution in [2.45, 2.75) is 13.3 Å². The second-order valence-corrected chi connectivity index (χ2v) is 4.86. The minimum Gasteiger partial charge on any atom is -0.497 e. The van der Waals surface area contributed by atoms with E-state index in [0.29, 0.717) is 11.3 Å². The normalized spacial score (nSPS) is 10.0. The summed E-state index contributed by atoms with van der Waals surface area (Å²) in [5.41, 5.74) is 2.13. The van der Waals surface area contributed by atoms with Gasteiger partial charge in [0.25, 0.3) is 5.91 Å². The molecule has 0 unspecified atom stereocenters. The molecule has 0 aliphatic heterocycles. The number of amides is 1. The molecule has 0 bridgehead atoms. The van der Waals surface area contributed by atoms with Gasteiger partial charge in [-0.05, 0) is 42.3 Å². The Morgan fingerprint density at radius 1 is 1.04 bits per heavy atom. The first-order chi connectivity index (χ1) is 11.1. The Balaban J connectivity index is 1.89. The van der Waals surface area contributed by atoms with Gasteiger partial charge >= 0.3 is 5.97 Å². The number of hydrogen-bond donors (Lipinski definition) is 1. The highest BCUT2D eigenvalue weighted by molar-refractivity contribution is 5.95. The van der Waals surface area contributed by atoms with Crippen LogP contribution in [0.25, 0.3) is 0 Å². The van der Waals surface area contributed by atoms with Crippen LogP contribution in [0.1, 0.15) is 22.8 Å². The molecule has 1 N–H and O–H groups in total. The zero-order valence-electron chi connectivity index (χ0n) is 13.2. The lowest BCUT2D eigenvalue weighted by Gasteiger charge is -2.10. The van der Waals surface area contributed by atoms with E-state index in [1.54, 1.807) is 31.4 Å². The third-order valence-electron chi connectivity index (χ3n) is 3.33. The standard InChI is InChI=1S/C18H19NO4/c1-3-13-6-4-5-7-16(13)19-17(20)12-23-18(21)14-8-10-15(22-2)11-9-14/h4-11H,3,12H2,1-2H3,(H,19,20). The van der Waals surface area contributed by atoms with Crippen molar-refractivity contribution in [3.8, 4) is 5.75 Å². The van der Waals surface area contributed by atoms with Gasteiger partial charge in [0.1, 0.15) is 5.75 Å². The maximum absolute atomic E-state index is 11.9. The van der Waals surface area contributed by atoms with E-state index >= 15 is 0 Å². The van der Waals surface area contributed by atoms with Crippen molar-refractivity contribution >= 4 is 17.6 Å². The van der Waals surface area contributed by atoms with Gasteiger partial charge < -0.3 is 14.8 Å². The van der Waals surface area contributed by atoms with Crippen molar-refractivity contribution in [1.29, 1.82) is 0 Å². The molecule has 1 amide bonds. The van der Waals surface area contributed by atoms with Crippen molar-refractivity contribution in [3.63, 3.8) is 0 Å². The monoisotopic (exact) mass is 313 g/mol. The van der Waals surface area contributed by atoms with Gasteiger partial charge in [-0.2, -0.15) is 0 Å². The van der Waals surface area contributed by atoms with Gasteiger partial charge in [-0.3, -0.25) is 4.79 Å². The largest absolute Gasteiger partial charge is 0.497 e. The Morgan fingerprint density at radius 3 is 2.39 bits per heavy atom. The van der Waals surface area contributed by atoms with E-state index in [-0.39, 0.29) is 12.5 Å². The predicted octanol–water partition coefficient (Wildman–Crippen LogP) is 3.05. The number of para-hydroxylation sites is 1. The van der Waals surface area contributed by atoms with Crippen LogP contribution in [0.2, 0.25) is 0 Å². The molecule has 0 aromatic heterocycles. The van der Waals surface area contributed by atoms with Crippen LogP contribution in [0.15, 0.2) is 48.5 Å². The lowest BCUT2D eigenvalue weighted by Crippen LogP contribution is -2.21. The number of carbonyl (C=O) groups excluding carboxylic acids is 2. The molecule has 0 saturated carbocycles. The van der Waals surface area contributed by atoms with E-state index in [9.17, 15) is 9.59 Å². The molecule has 0 aliphatic rings. The lowest BCUT2D eigenvalue weighted by atomic mass is 10.1. The molecule has 0 radical (unpaired) electrons. The Hall–Kier alpha value is -2.82. The summed E-state index contributed by atoms with van der Waals surface area (Å²) in [5.74, 6) is -0.269. The van der Waals surface area contributed by atoms with Gasteiger partial charge in [0.2, 0.25) is 0 Å². The SMILES string of the molecule is CCc1ccccc1NC(=O)COC(=O)c1ccc(OC)cc1. The number of aryl methyl sites for hydroxylation is 1. The number of benzene rings is 2. The summed E-state index contributed by atoms with van der Waals surface area (Å²) in [5, 5.41) is 2.75. The maximum Gasteiger partial charge on any atom is 0.338 e. The van der Waals surface area contributed by atoms with Gasteiger partial charge in [-0.1, -0.05) is 25.1 Å². The summed E-state index contributed by atoms with van der Waals surface area (Å²) in [6.45, 7) is 1.68. The van der Waals surface area contributed by atoms with E-state index in [2.05, 4.69) is 5.32 Å². The fourth-order valence-corrected chi connectivity index (χ4v) is 2.08. The molecule has 0 atom stereocenters. The summed E-state index contributed by atoms with van der Waals surface area (Å²) in [7, 11) is 1.55. The Morgan fingerprint density at radius 2 is 1.74 bits per heavy atom. The van der Waals surface area contributed by atoms with Crippen LogP contribution >= 0.6 is 0 Å². The first-order valence-corrected chi connectivity index (χ1v) is 7.33. The van der Waals surface area contributed by atoms with Crippen molar-refractivity contribution in [1.82, 2.24) is 0 Å². The third kappa shape index (κ3) is 4.57. The number of methoxy groups -OCH3 is 1. The zero-order chi connectivity index (χ0) is 16.7. The molecule has 120 valence electrons. The molecule has 5 nitrogen and oxygen atoms in total. The van der Waals surface area contributed by atoms with E-state index in [1.807, 2.05) is 31.2 Å². The Labute approximate surface area is 135 Å². The second kappa shape index (κ2) is 7.98. The molecule has 23 heavy (non-hydrogen) atoms. The quantitative estimate of drug-likeness (QED) is 0.833. The van der Waals surface area contributed by atoms with Gasteiger partial charge in [0.15, 0.2) is 6.61 Å². The summed E-state index contributed by atoms with van der Waals surface area (Å²) in [6.07, 6.45) is 0.808. The van der Waals surface area contributed by atoms with Crippen LogP contribution in [0.5, 0.6) is 5.75 Å². The first-order valence-electron chi connectivity index (χ1n) is 7.33. The van der Waals surface area contributed by atoms with Gasteiger partial charge in [0, 0.05) is 5.69 Å². The average Bonchev–Trinajstić information content (AvgIpc) is 2.60. The minimum atomic E-state index is -0.549. The van der Waals surface area contributed by atoms with Crippen LogP contribution < -0.4 is 10.1 Å². The molecular formula is C18H19NO4. The number of hydrogen-bond acceptors (Lipinski definition) is 4. The molecular weight excluding hydrogens is 294 g/mol. The minimum absolute atomic E-state index is 0.330.